The van der Waals surface area contributed by atoms with E-state index in [1.165, 1.54) is 0 Å². The second-order valence-electron chi connectivity index (χ2n) is 6.53. The van der Waals surface area contributed by atoms with Crippen molar-refractivity contribution in [2.75, 3.05) is 26.6 Å². The first-order chi connectivity index (χ1) is 14.1. The molecule has 5 nitrogen and oxygen atoms in total. The minimum absolute atomic E-state index is 0.476. The van der Waals surface area contributed by atoms with Crippen molar-refractivity contribution in [2.24, 2.45) is 0 Å². The molecular formula is C23H19ClN2O3. The second kappa shape index (κ2) is 7.60. The number of nitrogens with zero attached hydrogens (tertiary/aromatic N) is 1. The highest BCUT2D eigenvalue weighted by Gasteiger charge is 2.15. The topological polar surface area (TPSA) is 60.5 Å². The van der Waals surface area contributed by atoms with Gasteiger partial charge in [0.2, 0.25) is 0 Å². The van der Waals surface area contributed by atoms with Gasteiger partial charge in [-0.05, 0) is 57.8 Å². The van der Waals surface area contributed by atoms with E-state index in [0.717, 1.165) is 32.8 Å². The van der Waals surface area contributed by atoms with Gasteiger partial charge >= 0.3 is 0 Å². The summed E-state index contributed by atoms with van der Waals surface area (Å²) < 4.78 is 10.9. The summed E-state index contributed by atoms with van der Waals surface area (Å²) in [5.74, 6) is 1.27. The van der Waals surface area contributed by atoms with Gasteiger partial charge in [0.15, 0.2) is 11.5 Å². The molecule has 0 aliphatic carbocycles. The molecule has 0 bridgehead atoms. The monoisotopic (exact) mass is 406 g/mol. The zero-order chi connectivity index (χ0) is 20.5. The lowest BCUT2D eigenvalue weighted by Crippen LogP contribution is -1.99. The van der Waals surface area contributed by atoms with Crippen molar-refractivity contribution in [3.63, 3.8) is 0 Å². The molecule has 0 unspecified atom stereocenters. The molecule has 0 fully saturated rings. The molecular weight excluding hydrogens is 388 g/mol. The lowest BCUT2D eigenvalue weighted by atomic mass is 9.96. The van der Waals surface area contributed by atoms with Crippen molar-refractivity contribution in [3.05, 3.63) is 60.3 Å². The second-order valence-corrected chi connectivity index (χ2v) is 6.87. The number of anilines is 1. The molecule has 3 aromatic carbocycles. The largest absolute Gasteiger partial charge is 0.493 e. The van der Waals surface area contributed by atoms with Crippen molar-refractivity contribution in [1.82, 2.24) is 4.98 Å². The van der Waals surface area contributed by atoms with Crippen LogP contribution in [0.5, 0.6) is 11.5 Å². The van der Waals surface area contributed by atoms with Crippen LogP contribution in [-0.4, -0.2) is 31.5 Å². The van der Waals surface area contributed by atoms with Gasteiger partial charge < -0.3 is 14.8 Å². The Hall–Kier alpha value is -3.31. The number of fused-ring (bicyclic) bond motifs is 2. The first-order valence-corrected chi connectivity index (χ1v) is 9.40. The predicted octanol–water partition coefficient (Wildman–Crippen LogP) is 5.49. The van der Waals surface area contributed by atoms with Crippen molar-refractivity contribution < 1.29 is 14.3 Å². The molecule has 0 aliphatic rings. The van der Waals surface area contributed by atoms with Gasteiger partial charge in [-0.15, -0.1) is 0 Å². The Balaban J connectivity index is 1.95. The fraction of sp³-hybridized carbons (Fsp3) is 0.130. The van der Waals surface area contributed by atoms with Crippen LogP contribution in [-0.2, 0) is 0 Å². The van der Waals surface area contributed by atoms with E-state index in [0.29, 0.717) is 22.7 Å². The average molecular weight is 407 g/mol. The maximum atomic E-state index is 12.0. The number of nitrogens with one attached hydrogen (secondary N) is 1. The maximum Gasteiger partial charge on any atom is 0.255 e. The first kappa shape index (κ1) is 19.0. The van der Waals surface area contributed by atoms with E-state index >= 15 is 0 Å². The molecule has 0 amide bonds. The van der Waals surface area contributed by atoms with E-state index in [2.05, 4.69) is 10.3 Å². The van der Waals surface area contributed by atoms with Gasteiger partial charge in [0.1, 0.15) is 0 Å². The molecule has 4 aromatic rings. The van der Waals surface area contributed by atoms with Crippen LogP contribution in [0.4, 0.5) is 5.69 Å². The minimum atomic E-state index is -0.487. The Kier molecular flexibility index (Phi) is 4.99. The lowest BCUT2D eigenvalue weighted by molar-refractivity contribution is 0.108. The smallest absolute Gasteiger partial charge is 0.255 e. The molecule has 1 N–H and O–H groups in total. The Bertz CT molecular complexity index is 1250. The Labute approximate surface area is 173 Å². The molecule has 6 heteroatoms. The van der Waals surface area contributed by atoms with E-state index in [1.807, 2.05) is 48.5 Å². The lowest BCUT2D eigenvalue weighted by Gasteiger charge is -2.13. The summed E-state index contributed by atoms with van der Waals surface area (Å²) in [6.45, 7) is 0. The Morgan fingerprint density at radius 1 is 0.966 bits per heavy atom. The van der Waals surface area contributed by atoms with Gasteiger partial charge in [0, 0.05) is 30.4 Å². The molecule has 29 heavy (non-hydrogen) atoms. The van der Waals surface area contributed by atoms with E-state index in [9.17, 15) is 4.79 Å². The number of rotatable bonds is 5. The summed E-state index contributed by atoms with van der Waals surface area (Å²) >= 11 is 5.85. The van der Waals surface area contributed by atoms with Crippen molar-refractivity contribution in [2.45, 2.75) is 0 Å². The van der Waals surface area contributed by atoms with E-state index in [-0.39, 0.29) is 0 Å². The van der Waals surface area contributed by atoms with Gasteiger partial charge in [-0.2, -0.15) is 0 Å². The van der Waals surface area contributed by atoms with Gasteiger partial charge in [0.05, 0.1) is 25.3 Å². The SMILES string of the molecule is CNc1ccc2cc(-c3ccnc4cc(OC)c(OC)cc34)ccc2c1C(=O)Cl. The number of pyridine rings is 1. The summed E-state index contributed by atoms with van der Waals surface area (Å²) in [5, 5.41) is 5.22. The summed E-state index contributed by atoms with van der Waals surface area (Å²) in [7, 11) is 4.98. The molecule has 0 saturated heterocycles. The van der Waals surface area contributed by atoms with Crippen LogP contribution < -0.4 is 14.8 Å². The quantitative estimate of drug-likeness (QED) is 0.444. The van der Waals surface area contributed by atoms with E-state index in [1.54, 1.807) is 27.5 Å². The fourth-order valence-corrected chi connectivity index (χ4v) is 3.85. The molecule has 0 radical (unpaired) electrons. The van der Waals surface area contributed by atoms with Crippen molar-refractivity contribution in [3.8, 4) is 22.6 Å². The average Bonchev–Trinajstić information content (AvgIpc) is 2.76. The molecule has 146 valence electrons. The molecule has 4 rings (SSSR count). The van der Waals surface area contributed by atoms with Crippen LogP contribution in [0.2, 0.25) is 0 Å². The van der Waals surface area contributed by atoms with Crippen LogP contribution in [0.15, 0.2) is 54.7 Å². The van der Waals surface area contributed by atoms with Crippen LogP contribution >= 0.6 is 11.6 Å². The van der Waals surface area contributed by atoms with E-state index in [4.69, 9.17) is 21.1 Å². The molecule has 0 atom stereocenters. The third-order valence-corrected chi connectivity index (χ3v) is 5.23. The number of halogens is 1. The van der Waals surface area contributed by atoms with Crippen LogP contribution in [0.3, 0.4) is 0 Å². The molecule has 1 aromatic heterocycles. The summed E-state index contributed by atoms with van der Waals surface area (Å²) in [6, 6.07) is 15.5. The summed E-state index contributed by atoms with van der Waals surface area (Å²) in [4.78, 5) is 16.5. The minimum Gasteiger partial charge on any atom is -0.493 e. The molecule has 0 aliphatic heterocycles. The fourth-order valence-electron chi connectivity index (χ4n) is 3.64. The van der Waals surface area contributed by atoms with Gasteiger partial charge in [0.25, 0.3) is 5.24 Å². The number of hydrogen-bond acceptors (Lipinski definition) is 5. The molecule has 1 heterocycles. The van der Waals surface area contributed by atoms with Crippen LogP contribution in [0, 0.1) is 0 Å². The Morgan fingerprint density at radius 3 is 2.41 bits per heavy atom. The zero-order valence-corrected chi connectivity index (χ0v) is 17.0. The van der Waals surface area contributed by atoms with Crippen molar-refractivity contribution >= 4 is 44.2 Å². The highest BCUT2D eigenvalue weighted by molar-refractivity contribution is 6.69. The summed E-state index contributed by atoms with van der Waals surface area (Å²) in [6.07, 6.45) is 1.77. The van der Waals surface area contributed by atoms with Crippen molar-refractivity contribution in [1.29, 1.82) is 0 Å². The highest BCUT2D eigenvalue weighted by Crippen LogP contribution is 2.37. The summed E-state index contributed by atoms with van der Waals surface area (Å²) in [5.41, 5.74) is 4.00. The zero-order valence-electron chi connectivity index (χ0n) is 16.2. The molecule has 0 saturated carbocycles. The maximum absolute atomic E-state index is 12.0. The number of carbonyl (C=O) groups excluding carboxylic acids is 1. The van der Waals surface area contributed by atoms with E-state index < -0.39 is 5.24 Å². The number of carbonyl (C=O) groups is 1. The first-order valence-electron chi connectivity index (χ1n) is 9.03. The van der Waals surface area contributed by atoms with Crippen LogP contribution in [0.1, 0.15) is 10.4 Å². The van der Waals surface area contributed by atoms with Gasteiger partial charge in [-0.25, -0.2) is 0 Å². The number of methoxy groups -OCH3 is 2. The Morgan fingerprint density at radius 2 is 1.72 bits per heavy atom. The van der Waals surface area contributed by atoms with Gasteiger partial charge in [-0.1, -0.05) is 18.2 Å². The third kappa shape index (κ3) is 3.23. The number of ether oxygens (including phenoxy) is 2. The third-order valence-electron chi connectivity index (χ3n) is 5.04. The normalized spacial score (nSPS) is 10.9. The predicted molar refractivity (Wildman–Crippen MR) is 118 cm³/mol. The number of hydrogen-bond donors (Lipinski definition) is 1. The number of benzene rings is 3. The van der Waals surface area contributed by atoms with Crippen LogP contribution in [0.25, 0.3) is 32.8 Å². The number of aromatic nitrogens is 1. The highest BCUT2D eigenvalue weighted by atomic mass is 35.5. The van der Waals surface area contributed by atoms with Gasteiger partial charge in [-0.3, -0.25) is 9.78 Å². The molecule has 0 spiro atoms. The standard InChI is InChI=1S/C23H19ClN2O3/c1-25-18-7-5-14-10-13(4-6-16(14)22(18)23(24)27)15-8-9-26-19-12-21(29-3)20(28-2)11-17(15)19/h4-12,25H,1-3H3.